The van der Waals surface area contributed by atoms with E-state index >= 15 is 0 Å². The summed E-state index contributed by atoms with van der Waals surface area (Å²) in [5.74, 6) is 0. The van der Waals surface area contributed by atoms with Crippen molar-refractivity contribution in [1.82, 2.24) is 0 Å². The van der Waals surface area contributed by atoms with Crippen LogP contribution in [0.4, 0.5) is 0 Å². The standard InChI is InChI=1S/C15H33NO7/c1-18-10-13-21-7-4-16(17,5-8-22-14-11-19-2)6-9-23-15-12-20-3/h4-15H2,1-3H3. The van der Waals surface area contributed by atoms with E-state index in [0.717, 1.165) is 0 Å². The smallest absolute Gasteiger partial charge is 0.102 e. The van der Waals surface area contributed by atoms with Gasteiger partial charge >= 0.3 is 0 Å². The van der Waals surface area contributed by atoms with Crippen LogP contribution in [0.1, 0.15) is 0 Å². The van der Waals surface area contributed by atoms with Crippen LogP contribution in [-0.4, -0.2) is 105 Å². The molecule has 0 aliphatic carbocycles. The zero-order valence-corrected chi connectivity index (χ0v) is 14.8. The minimum Gasteiger partial charge on any atom is -0.633 e. The summed E-state index contributed by atoms with van der Waals surface area (Å²) < 4.78 is 30.5. The molecule has 0 rings (SSSR count). The Morgan fingerprint density at radius 2 is 0.826 bits per heavy atom. The van der Waals surface area contributed by atoms with Gasteiger partial charge < -0.3 is 38.3 Å². The van der Waals surface area contributed by atoms with Crippen LogP contribution in [-0.2, 0) is 28.4 Å². The Hall–Kier alpha value is -0.320. The van der Waals surface area contributed by atoms with Gasteiger partial charge in [0.1, 0.15) is 19.6 Å². The second kappa shape index (κ2) is 16.5. The van der Waals surface area contributed by atoms with Crippen molar-refractivity contribution in [3.8, 4) is 0 Å². The van der Waals surface area contributed by atoms with Crippen LogP contribution in [0.3, 0.4) is 0 Å². The summed E-state index contributed by atoms with van der Waals surface area (Å²) in [6, 6.07) is 0. The van der Waals surface area contributed by atoms with Crippen LogP contribution in [0, 0.1) is 5.21 Å². The van der Waals surface area contributed by atoms with Crippen LogP contribution in [0.2, 0.25) is 0 Å². The van der Waals surface area contributed by atoms with E-state index in [1.165, 1.54) is 0 Å². The monoisotopic (exact) mass is 339 g/mol. The van der Waals surface area contributed by atoms with Crippen molar-refractivity contribution < 1.29 is 33.1 Å². The lowest BCUT2D eigenvalue weighted by Crippen LogP contribution is -2.49. The number of hydrogen-bond donors (Lipinski definition) is 0. The summed E-state index contributed by atoms with van der Waals surface area (Å²) in [7, 11) is 4.85. The van der Waals surface area contributed by atoms with Crippen molar-refractivity contribution in [3.63, 3.8) is 0 Å². The van der Waals surface area contributed by atoms with Gasteiger partial charge in [-0.3, -0.25) is 0 Å². The van der Waals surface area contributed by atoms with E-state index < -0.39 is 4.65 Å². The van der Waals surface area contributed by atoms with Gasteiger partial charge in [0.25, 0.3) is 0 Å². The van der Waals surface area contributed by atoms with Crippen LogP contribution >= 0.6 is 0 Å². The topological polar surface area (TPSA) is 78.4 Å². The molecule has 0 fully saturated rings. The zero-order chi connectivity index (χ0) is 17.2. The normalized spacial score (nSPS) is 12.0. The van der Waals surface area contributed by atoms with Gasteiger partial charge in [-0.05, 0) is 0 Å². The molecule has 140 valence electrons. The zero-order valence-electron chi connectivity index (χ0n) is 14.8. The van der Waals surface area contributed by atoms with E-state index in [1.54, 1.807) is 21.3 Å². The summed E-state index contributed by atoms with van der Waals surface area (Å²) in [6.07, 6.45) is 0. The molecule has 0 bridgehead atoms. The second-order valence-corrected chi connectivity index (χ2v) is 5.04. The molecule has 8 nitrogen and oxygen atoms in total. The van der Waals surface area contributed by atoms with Gasteiger partial charge in [-0.15, -0.1) is 0 Å². The van der Waals surface area contributed by atoms with Gasteiger partial charge in [0, 0.05) is 21.3 Å². The first-order valence-corrected chi connectivity index (χ1v) is 7.95. The maximum absolute atomic E-state index is 12.8. The molecule has 0 spiro atoms. The lowest BCUT2D eigenvalue weighted by Gasteiger charge is -2.42. The maximum Gasteiger partial charge on any atom is 0.102 e. The Morgan fingerprint density at radius 1 is 0.522 bits per heavy atom. The molecule has 0 heterocycles. The Labute approximate surface area is 139 Å². The quantitative estimate of drug-likeness (QED) is 0.202. The third-order valence-corrected chi connectivity index (χ3v) is 3.22. The van der Waals surface area contributed by atoms with Crippen molar-refractivity contribution >= 4 is 0 Å². The third kappa shape index (κ3) is 15.0. The van der Waals surface area contributed by atoms with Gasteiger partial charge in [0.05, 0.1) is 59.5 Å². The molecular formula is C15H33NO7. The predicted octanol–water partition coefficient (Wildman–Crippen LogP) is 0.290. The van der Waals surface area contributed by atoms with Crippen LogP contribution < -0.4 is 0 Å². The number of nitrogens with zero attached hydrogens (tertiary/aromatic N) is 1. The Kier molecular flexibility index (Phi) is 16.3. The molecule has 0 unspecified atom stereocenters. The molecule has 0 aromatic carbocycles. The highest BCUT2D eigenvalue weighted by atomic mass is 16.6. The van der Waals surface area contributed by atoms with Gasteiger partial charge in [-0.1, -0.05) is 0 Å². The first kappa shape index (κ1) is 22.7. The van der Waals surface area contributed by atoms with Crippen molar-refractivity contribution in [1.29, 1.82) is 0 Å². The van der Waals surface area contributed by atoms with Gasteiger partial charge in [-0.2, -0.15) is 0 Å². The maximum atomic E-state index is 12.8. The van der Waals surface area contributed by atoms with E-state index in [1.807, 2.05) is 0 Å². The average Bonchev–Trinajstić information content (AvgIpc) is 2.54. The molecule has 0 amide bonds. The second-order valence-electron chi connectivity index (χ2n) is 5.04. The van der Waals surface area contributed by atoms with Crippen molar-refractivity contribution in [2.45, 2.75) is 0 Å². The SMILES string of the molecule is COCCOCC[N+]([O-])(CCOCCOC)CCOCCOC. The predicted molar refractivity (Wildman–Crippen MR) is 86.3 cm³/mol. The number of methoxy groups -OCH3 is 3. The molecule has 0 radical (unpaired) electrons. The lowest BCUT2D eigenvalue weighted by molar-refractivity contribution is -0.882. The van der Waals surface area contributed by atoms with Gasteiger partial charge in [-0.25, -0.2) is 0 Å². The van der Waals surface area contributed by atoms with Crippen LogP contribution in [0.15, 0.2) is 0 Å². The Balaban J connectivity index is 4.00. The first-order chi connectivity index (χ1) is 11.2. The van der Waals surface area contributed by atoms with Crippen molar-refractivity contribution in [3.05, 3.63) is 5.21 Å². The minimum atomic E-state index is -0.396. The minimum absolute atomic E-state index is 0.366. The average molecular weight is 339 g/mol. The summed E-state index contributed by atoms with van der Waals surface area (Å²) in [5, 5.41) is 12.8. The summed E-state index contributed by atoms with van der Waals surface area (Å²) in [5.41, 5.74) is 0. The molecule has 23 heavy (non-hydrogen) atoms. The number of ether oxygens (including phenoxy) is 6. The fourth-order valence-electron chi connectivity index (χ4n) is 1.76. The summed E-state index contributed by atoms with van der Waals surface area (Å²) in [4.78, 5) is 0. The van der Waals surface area contributed by atoms with E-state index in [9.17, 15) is 5.21 Å². The third-order valence-electron chi connectivity index (χ3n) is 3.22. The molecule has 0 aliphatic heterocycles. The molecule has 0 N–H and O–H groups in total. The largest absolute Gasteiger partial charge is 0.633 e. The Morgan fingerprint density at radius 3 is 1.09 bits per heavy atom. The molecule has 0 saturated carbocycles. The van der Waals surface area contributed by atoms with Crippen LogP contribution in [0.25, 0.3) is 0 Å². The first-order valence-electron chi connectivity index (χ1n) is 7.95. The molecule has 0 saturated heterocycles. The van der Waals surface area contributed by atoms with Gasteiger partial charge in [0.15, 0.2) is 0 Å². The molecule has 8 heteroatoms. The Bertz CT molecular complexity index is 208. The van der Waals surface area contributed by atoms with Crippen molar-refractivity contribution in [2.75, 3.05) is 100 Å². The summed E-state index contributed by atoms with van der Waals surface area (Å²) in [6.45, 7) is 5.33. The lowest BCUT2D eigenvalue weighted by atomic mass is 10.4. The highest BCUT2D eigenvalue weighted by Gasteiger charge is 2.16. The molecule has 0 aliphatic rings. The van der Waals surface area contributed by atoms with Gasteiger partial charge in [0.2, 0.25) is 0 Å². The highest BCUT2D eigenvalue weighted by Crippen LogP contribution is 2.04. The van der Waals surface area contributed by atoms with E-state index in [4.69, 9.17) is 28.4 Å². The molecular weight excluding hydrogens is 306 g/mol. The van der Waals surface area contributed by atoms with E-state index in [2.05, 4.69) is 0 Å². The fraction of sp³-hybridized carbons (Fsp3) is 1.00. The fourth-order valence-corrected chi connectivity index (χ4v) is 1.76. The van der Waals surface area contributed by atoms with Crippen molar-refractivity contribution in [2.24, 2.45) is 0 Å². The summed E-state index contributed by atoms with van der Waals surface area (Å²) >= 11 is 0. The van der Waals surface area contributed by atoms with E-state index in [0.29, 0.717) is 79.1 Å². The number of hydrogen-bond acceptors (Lipinski definition) is 7. The number of rotatable bonds is 18. The number of quaternary nitrogens is 1. The number of hydroxylamine groups is 3. The highest BCUT2D eigenvalue weighted by molar-refractivity contribution is 4.47. The van der Waals surface area contributed by atoms with E-state index in [-0.39, 0.29) is 0 Å². The molecule has 0 aromatic heterocycles. The molecule has 0 atom stereocenters. The molecule has 0 aromatic rings. The van der Waals surface area contributed by atoms with Crippen LogP contribution in [0.5, 0.6) is 0 Å².